The number of rotatable bonds is 4. The first-order valence-corrected chi connectivity index (χ1v) is 5.30. The molecule has 0 heterocycles. The van der Waals surface area contributed by atoms with Gasteiger partial charge in [0.1, 0.15) is 0 Å². The Morgan fingerprint density at radius 2 is 2.15 bits per heavy atom. The molecule has 0 fully saturated rings. The molecule has 0 radical (unpaired) electrons. The summed E-state index contributed by atoms with van der Waals surface area (Å²) in [6, 6.07) is 7.91. The van der Waals surface area contributed by atoms with Crippen molar-refractivity contribution in [2.24, 2.45) is 0 Å². The molecule has 1 rings (SSSR count). The van der Waals surface area contributed by atoms with Crippen LogP contribution in [0.3, 0.4) is 0 Å². The highest BCUT2D eigenvalue weighted by atomic mass is 32.2. The van der Waals surface area contributed by atoms with Crippen molar-refractivity contribution in [3.63, 3.8) is 0 Å². The van der Waals surface area contributed by atoms with E-state index in [2.05, 4.69) is 0 Å². The molecule has 70 valence electrons. The Labute approximate surface area is 82.0 Å². The molecular weight excluding hydrogens is 184 g/mol. The van der Waals surface area contributed by atoms with Gasteiger partial charge in [0.05, 0.1) is 0 Å². The highest BCUT2D eigenvalue weighted by molar-refractivity contribution is 7.98. The Balaban J connectivity index is 2.69. The van der Waals surface area contributed by atoms with Crippen molar-refractivity contribution in [1.82, 2.24) is 0 Å². The second kappa shape index (κ2) is 4.92. The Kier molecular flexibility index (Phi) is 3.83. The predicted octanol–water partition coefficient (Wildman–Crippen LogP) is 2.43. The van der Waals surface area contributed by atoms with Crippen LogP contribution in [0.5, 0.6) is 0 Å². The highest BCUT2D eigenvalue weighted by Crippen LogP contribution is 2.20. The molecule has 0 atom stereocenters. The molecule has 0 aliphatic carbocycles. The lowest BCUT2D eigenvalue weighted by Crippen LogP contribution is -1.98. The van der Waals surface area contributed by atoms with Crippen molar-refractivity contribution in [3.8, 4) is 0 Å². The van der Waals surface area contributed by atoms with Gasteiger partial charge in [0.2, 0.25) is 0 Å². The number of hydrogen-bond donors (Lipinski definition) is 1. The molecule has 0 aromatic heterocycles. The van der Waals surface area contributed by atoms with Gasteiger partial charge in [-0.05, 0) is 24.3 Å². The van der Waals surface area contributed by atoms with Gasteiger partial charge in [-0.1, -0.05) is 18.2 Å². The molecule has 1 aromatic rings. The van der Waals surface area contributed by atoms with Crippen LogP contribution in [0.1, 0.15) is 12.0 Å². The van der Waals surface area contributed by atoms with Crippen molar-refractivity contribution in [2.45, 2.75) is 17.7 Å². The third-order valence-electron chi connectivity index (χ3n) is 1.80. The van der Waals surface area contributed by atoms with Gasteiger partial charge in [0.25, 0.3) is 0 Å². The topological polar surface area (TPSA) is 37.3 Å². The number of carboxylic acid groups (broad SMARTS) is 1. The Morgan fingerprint density at radius 3 is 2.77 bits per heavy atom. The van der Waals surface area contributed by atoms with Crippen LogP contribution < -0.4 is 0 Å². The maximum absolute atomic E-state index is 10.4. The van der Waals surface area contributed by atoms with Crippen molar-refractivity contribution < 1.29 is 9.90 Å². The van der Waals surface area contributed by atoms with E-state index in [0.717, 1.165) is 5.56 Å². The number of carbonyl (C=O) groups is 1. The summed E-state index contributed by atoms with van der Waals surface area (Å²) in [5.41, 5.74) is 1.12. The molecule has 1 aromatic carbocycles. The second-order valence-electron chi connectivity index (χ2n) is 2.71. The standard InChI is InChI=1S/C10H12O2S/c1-13-9-5-3-2-4-8(9)6-7-10(11)12/h2-5H,6-7H2,1H3,(H,11,12). The summed E-state index contributed by atoms with van der Waals surface area (Å²) in [6.45, 7) is 0. The fraction of sp³-hybridized carbons (Fsp3) is 0.300. The van der Waals surface area contributed by atoms with Crippen LogP contribution in [0.4, 0.5) is 0 Å². The minimum absolute atomic E-state index is 0.206. The van der Waals surface area contributed by atoms with Gasteiger partial charge in [0.15, 0.2) is 0 Å². The van der Waals surface area contributed by atoms with E-state index in [-0.39, 0.29) is 6.42 Å². The van der Waals surface area contributed by atoms with Crippen LogP contribution in [-0.2, 0) is 11.2 Å². The maximum atomic E-state index is 10.4. The number of thioether (sulfide) groups is 1. The molecule has 1 N–H and O–H groups in total. The quantitative estimate of drug-likeness (QED) is 0.751. The Bertz CT molecular complexity index is 297. The Morgan fingerprint density at radius 1 is 1.46 bits per heavy atom. The van der Waals surface area contributed by atoms with E-state index in [9.17, 15) is 4.79 Å². The average Bonchev–Trinajstić information content (AvgIpc) is 2.15. The SMILES string of the molecule is CSc1ccccc1CCC(=O)O. The van der Waals surface area contributed by atoms with Crippen molar-refractivity contribution >= 4 is 17.7 Å². The zero-order chi connectivity index (χ0) is 9.68. The molecule has 0 aliphatic rings. The maximum Gasteiger partial charge on any atom is 0.303 e. The van der Waals surface area contributed by atoms with Gasteiger partial charge in [-0.15, -0.1) is 11.8 Å². The molecular formula is C10H12O2S. The number of hydrogen-bond acceptors (Lipinski definition) is 2. The van der Waals surface area contributed by atoms with Crippen LogP contribution in [0.25, 0.3) is 0 Å². The van der Waals surface area contributed by atoms with Crippen LogP contribution >= 0.6 is 11.8 Å². The van der Waals surface area contributed by atoms with Crippen LogP contribution in [0.15, 0.2) is 29.2 Å². The summed E-state index contributed by atoms with van der Waals surface area (Å²) < 4.78 is 0. The van der Waals surface area contributed by atoms with Gasteiger partial charge < -0.3 is 5.11 Å². The van der Waals surface area contributed by atoms with E-state index in [1.54, 1.807) is 11.8 Å². The van der Waals surface area contributed by atoms with Crippen LogP contribution in [-0.4, -0.2) is 17.3 Å². The first-order chi connectivity index (χ1) is 6.24. The van der Waals surface area contributed by atoms with Crippen LogP contribution in [0, 0.1) is 0 Å². The third kappa shape index (κ3) is 3.11. The summed E-state index contributed by atoms with van der Waals surface area (Å²) in [5.74, 6) is -0.740. The summed E-state index contributed by atoms with van der Waals surface area (Å²) in [6.07, 6.45) is 2.82. The largest absolute Gasteiger partial charge is 0.481 e. The van der Waals surface area contributed by atoms with Crippen LogP contribution in [0.2, 0.25) is 0 Å². The molecule has 2 nitrogen and oxygen atoms in total. The smallest absolute Gasteiger partial charge is 0.303 e. The Hall–Kier alpha value is -0.960. The lowest BCUT2D eigenvalue weighted by molar-refractivity contribution is -0.136. The minimum atomic E-state index is -0.740. The summed E-state index contributed by atoms with van der Waals surface area (Å²) in [5, 5.41) is 8.53. The molecule has 0 spiro atoms. The van der Waals surface area contributed by atoms with Gasteiger partial charge >= 0.3 is 5.97 Å². The number of carboxylic acids is 1. The molecule has 13 heavy (non-hydrogen) atoms. The van der Waals surface area contributed by atoms with Crippen molar-refractivity contribution in [3.05, 3.63) is 29.8 Å². The van der Waals surface area contributed by atoms with Crippen molar-refractivity contribution in [2.75, 3.05) is 6.26 Å². The fourth-order valence-corrected chi connectivity index (χ4v) is 1.80. The molecule has 0 bridgehead atoms. The van der Waals surface area contributed by atoms with E-state index >= 15 is 0 Å². The van der Waals surface area contributed by atoms with E-state index in [0.29, 0.717) is 6.42 Å². The molecule has 0 saturated heterocycles. The average molecular weight is 196 g/mol. The molecule has 0 unspecified atom stereocenters. The summed E-state index contributed by atoms with van der Waals surface area (Å²) in [7, 11) is 0. The summed E-state index contributed by atoms with van der Waals surface area (Å²) in [4.78, 5) is 11.5. The van der Waals surface area contributed by atoms with E-state index in [1.165, 1.54) is 4.90 Å². The summed E-state index contributed by atoms with van der Waals surface area (Å²) >= 11 is 1.65. The van der Waals surface area contributed by atoms with Gasteiger partial charge in [0, 0.05) is 11.3 Å². The normalized spacial score (nSPS) is 9.92. The zero-order valence-electron chi connectivity index (χ0n) is 7.49. The first-order valence-electron chi connectivity index (χ1n) is 4.07. The van der Waals surface area contributed by atoms with E-state index in [1.807, 2.05) is 30.5 Å². The third-order valence-corrected chi connectivity index (χ3v) is 2.64. The van der Waals surface area contributed by atoms with Crippen molar-refractivity contribution in [1.29, 1.82) is 0 Å². The molecule has 0 aliphatic heterocycles. The van der Waals surface area contributed by atoms with Gasteiger partial charge in [-0.2, -0.15) is 0 Å². The predicted molar refractivity (Wildman–Crippen MR) is 54.2 cm³/mol. The van der Waals surface area contributed by atoms with E-state index < -0.39 is 5.97 Å². The van der Waals surface area contributed by atoms with E-state index in [4.69, 9.17) is 5.11 Å². The number of aryl methyl sites for hydroxylation is 1. The molecule has 0 saturated carbocycles. The minimum Gasteiger partial charge on any atom is -0.481 e. The highest BCUT2D eigenvalue weighted by Gasteiger charge is 2.02. The first kappa shape index (κ1) is 10.1. The van der Waals surface area contributed by atoms with Gasteiger partial charge in [-0.3, -0.25) is 4.79 Å². The number of aliphatic carboxylic acids is 1. The molecule has 0 amide bonds. The van der Waals surface area contributed by atoms with Gasteiger partial charge in [-0.25, -0.2) is 0 Å². The molecule has 3 heteroatoms. The lowest BCUT2D eigenvalue weighted by Gasteiger charge is -2.04. The fourth-order valence-electron chi connectivity index (χ4n) is 1.15. The monoisotopic (exact) mass is 196 g/mol. The zero-order valence-corrected chi connectivity index (χ0v) is 8.30. The second-order valence-corrected chi connectivity index (χ2v) is 3.55. The lowest BCUT2D eigenvalue weighted by atomic mass is 10.1. The number of benzene rings is 1.